The number of phenolic OH excluding ortho intramolecular Hbond substituents is 1. The van der Waals surface area contributed by atoms with Crippen LogP contribution in [-0.4, -0.2) is 23.3 Å². The van der Waals surface area contributed by atoms with Gasteiger partial charge in [-0.05, 0) is 42.5 Å². The molecule has 0 saturated heterocycles. The zero-order valence-corrected chi connectivity index (χ0v) is 12.6. The largest absolute Gasteiger partial charge is 0.508 e. The lowest BCUT2D eigenvalue weighted by Crippen LogP contribution is -2.37. The predicted molar refractivity (Wildman–Crippen MR) is 86.6 cm³/mol. The van der Waals surface area contributed by atoms with Crippen LogP contribution in [-0.2, 0) is 11.2 Å². The molecule has 0 aliphatic carbocycles. The number of nitrogens with two attached hydrogens (primary N) is 1. The Morgan fingerprint density at radius 1 is 1.24 bits per heavy atom. The van der Waals surface area contributed by atoms with Crippen LogP contribution in [0.1, 0.15) is 5.56 Å². The zero-order chi connectivity index (χ0) is 15.2. The van der Waals surface area contributed by atoms with E-state index in [0.717, 1.165) is 16.1 Å². The zero-order valence-electron chi connectivity index (χ0n) is 11.7. The number of phenols is 1. The van der Waals surface area contributed by atoms with Crippen molar-refractivity contribution in [2.24, 2.45) is 5.73 Å². The van der Waals surface area contributed by atoms with Crippen molar-refractivity contribution >= 4 is 23.4 Å². The topological polar surface area (TPSA) is 75.4 Å². The lowest BCUT2D eigenvalue weighted by atomic mass is 10.1. The number of benzene rings is 2. The summed E-state index contributed by atoms with van der Waals surface area (Å²) >= 11 is 1.57. The van der Waals surface area contributed by atoms with Gasteiger partial charge >= 0.3 is 0 Å². The number of carbonyl (C=O) groups excluding carboxylic acids is 1. The van der Waals surface area contributed by atoms with Crippen LogP contribution in [0.2, 0.25) is 0 Å². The second-order valence-electron chi connectivity index (χ2n) is 4.67. The van der Waals surface area contributed by atoms with Crippen molar-refractivity contribution in [3.05, 3.63) is 54.1 Å². The molecule has 2 aromatic rings. The smallest absolute Gasteiger partial charge is 0.241 e. The molecule has 0 saturated carbocycles. The molecule has 4 N–H and O–H groups in total. The van der Waals surface area contributed by atoms with Gasteiger partial charge in [0.05, 0.1) is 11.7 Å². The highest BCUT2D eigenvalue weighted by Crippen LogP contribution is 2.24. The van der Waals surface area contributed by atoms with E-state index in [0.29, 0.717) is 6.42 Å². The molecule has 2 rings (SSSR count). The van der Waals surface area contributed by atoms with Crippen LogP contribution in [0, 0.1) is 0 Å². The summed E-state index contributed by atoms with van der Waals surface area (Å²) in [5.74, 6) is -0.0183. The SMILES string of the molecule is CSc1ccccc1NC(=O)[C@H](N)Cc1ccc(O)cc1. The van der Waals surface area contributed by atoms with E-state index < -0.39 is 6.04 Å². The summed E-state index contributed by atoms with van der Waals surface area (Å²) in [5.41, 5.74) is 7.63. The van der Waals surface area contributed by atoms with Gasteiger partial charge in [0.15, 0.2) is 0 Å². The fourth-order valence-corrected chi connectivity index (χ4v) is 2.51. The van der Waals surface area contributed by atoms with Crippen LogP contribution in [0.3, 0.4) is 0 Å². The first kappa shape index (κ1) is 15.4. The van der Waals surface area contributed by atoms with Crippen molar-refractivity contribution in [3.63, 3.8) is 0 Å². The molecule has 0 spiro atoms. The number of nitrogens with one attached hydrogen (secondary N) is 1. The molecule has 0 bridgehead atoms. The maximum atomic E-state index is 12.2. The number of thioether (sulfide) groups is 1. The fraction of sp³-hybridized carbons (Fsp3) is 0.188. The molecule has 5 heteroatoms. The molecular weight excluding hydrogens is 284 g/mol. The van der Waals surface area contributed by atoms with E-state index in [4.69, 9.17) is 5.73 Å². The van der Waals surface area contributed by atoms with Gasteiger partial charge in [0, 0.05) is 4.90 Å². The first-order chi connectivity index (χ1) is 10.1. The molecule has 21 heavy (non-hydrogen) atoms. The van der Waals surface area contributed by atoms with Crippen LogP contribution in [0.4, 0.5) is 5.69 Å². The molecular formula is C16H18N2O2S. The standard InChI is InChI=1S/C16H18N2O2S/c1-21-15-5-3-2-4-14(15)18-16(20)13(17)10-11-6-8-12(19)9-7-11/h2-9,13,19H,10,17H2,1H3,(H,18,20)/t13-/m1/s1. The van der Waals surface area contributed by atoms with Crippen molar-refractivity contribution in [1.29, 1.82) is 0 Å². The first-order valence-electron chi connectivity index (χ1n) is 6.57. The molecule has 0 unspecified atom stereocenters. The summed E-state index contributed by atoms with van der Waals surface area (Å²) in [6, 6.07) is 13.7. The third kappa shape index (κ3) is 4.24. The van der Waals surface area contributed by atoms with Gasteiger partial charge in [0.25, 0.3) is 0 Å². The summed E-state index contributed by atoms with van der Waals surface area (Å²) in [6.45, 7) is 0. The summed E-state index contributed by atoms with van der Waals surface area (Å²) in [4.78, 5) is 13.2. The molecule has 0 heterocycles. The molecule has 1 amide bonds. The van der Waals surface area contributed by atoms with E-state index >= 15 is 0 Å². The highest BCUT2D eigenvalue weighted by atomic mass is 32.2. The van der Waals surface area contributed by atoms with Gasteiger partial charge in [0.1, 0.15) is 5.75 Å². The minimum atomic E-state index is -0.635. The van der Waals surface area contributed by atoms with Gasteiger partial charge in [-0.1, -0.05) is 24.3 Å². The van der Waals surface area contributed by atoms with Crippen molar-refractivity contribution in [1.82, 2.24) is 0 Å². The number of carbonyl (C=O) groups is 1. The number of amides is 1. The van der Waals surface area contributed by atoms with Gasteiger partial charge in [-0.15, -0.1) is 11.8 Å². The number of hydrogen-bond acceptors (Lipinski definition) is 4. The van der Waals surface area contributed by atoms with Crippen molar-refractivity contribution in [2.75, 3.05) is 11.6 Å². The predicted octanol–water partition coefficient (Wildman–Crippen LogP) is 2.62. The third-order valence-electron chi connectivity index (χ3n) is 3.09. The van der Waals surface area contributed by atoms with Crippen LogP contribution >= 0.6 is 11.8 Å². The Morgan fingerprint density at radius 2 is 1.90 bits per heavy atom. The second-order valence-corrected chi connectivity index (χ2v) is 5.51. The highest BCUT2D eigenvalue weighted by Gasteiger charge is 2.15. The Kier molecular flexibility index (Phi) is 5.25. The van der Waals surface area contributed by atoms with E-state index in [2.05, 4.69) is 5.32 Å². The Labute approximate surface area is 128 Å². The van der Waals surface area contributed by atoms with E-state index in [-0.39, 0.29) is 11.7 Å². The lowest BCUT2D eigenvalue weighted by Gasteiger charge is -2.14. The van der Waals surface area contributed by atoms with E-state index in [1.807, 2.05) is 30.5 Å². The Hall–Kier alpha value is -1.98. The van der Waals surface area contributed by atoms with E-state index in [1.54, 1.807) is 36.0 Å². The van der Waals surface area contributed by atoms with Gasteiger partial charge in [0.2, 0.25) is 5.91 Å². The van der Waals surface area contributed by atoms with E-state index in [9.17, 15) is 9.90 Å². The molecule has 4 nitrogen and oxygen atoms in total. The molecule has 1 atom stereocenters. The fourth-order valence-electron chi connectivity index (χ4n) is 1.95. The number of anilines is 1. The first-order valence-corrected chi connectivity index (χ1v) is 7.80. The summed E-state index contributed by atoms with van der Waals surface area (Å²) in [7, 11) is 0. The van der Waals surface area contributed by atoms with Crippen molar-refractivity contribution in [3.8, 4) is 5.75 Å². The van der Waals surface area contributed by atoms with Crippen molar-refractivity contribution < 1.29 is 9.90 Å². The maximum absolute atomic E-state index is 12.2. The molecule has 110 valence electrons. The minimum absolute atomic E-state index is 0.200. The van der Waals surface area contributed by atoms with Gasteiger partial charge in [-0.3, -0.25) is 4.79 Å². The summed E-state index contributed by atoms with van der Waals surface area (Å²) in [6.07, 6.45) is 2.38. The number of para-hydroxylation sites is 1. The normalized spacial score (nSPS) is 11.9. The molecule has 0 fully saturated rings. The number of rotatable bonds is 5. The van der Waals surface area contributed by atoms with Crippen molar-refractivity contribution in [2.45, 2.75) is 17.4 Å². The van der Waals surface area contributed by atoms with Crippen LogP contribution < -0.4 is 11.1 Å². The second kappa shape index (κ2) is 7.15. The lowest BCUT2D eigenvalue weighted by molar-refractivity contribution is -0.117. The van der Waals surface area contributed by atoms with Crippen LogP contribution in [0.5, 0.6) is 5.75 Å². The average molecular weight is 302 g/mol. The monoisotopic (exact) mass is 302 g/mol. The van der Waals surface area contributed by atoms with Crippen LogP contribution in [0.15, 0.2) is 53.4 Å². The highest BCUT2D eigenvalue weighted by molar-refractivity contribution is 7.98. The molecule has 0 aliphatic heterocycles. The minimum Gasteiger partial charge on any atom is -0.508 e. The Morgan fingerprint density at radius 3 is 2.57 bits per heavy atom. The number of hydrogen-bond donors (Lipinski definition) is 3. The number of aromatic hydroxyl groups is 1. The average Bonchev–Trinajstić information content (AvgIpc) is 2.50. The molecule has 0 aromatic heterocycles. The molecule has 2 aromatic carbocycles. The summed E-state index contributed by atoms with van der Waals surface area (Å²) in [5, 5.41) is 12.1. The quantitative estimate of drug-likeness (QED) is 0.742. The van der Waals surface area contributed by atoms with E-state index in [1.165, 1.54) is 0 Å². The maximum Gasteiger partial charge on any atom is 0.241 e. The Bertz CT molecular complexity index is 614. The molecule has 0 aliphatic rings. The van der Waals surface area contributed by atoms with Gasteiger partial charge < -0.3 is 16.2 Å². The van der Waals surface area contributed by atoms with Crippen LogP contribution in [0.25, 0.3) is 0 Å². The van der Waals surface area contributed by atoms with Gasteiger partial charge in [-0.25, -0.2) is 0 Å². The van der Waals surface area contributed by atoms with Gasteiger partial charge in [-0.2, -0.15) is 0 Å². The molecule has 0 radical (unpaired) electrons. The third-order valence-corrected chi connectivity index (χ3v) is 3.89. The Balaban J connectivity index is 2.01. The summed E-state index contributed by atoms with van der Waals surface area (Å²) < 4.78 is 0.